The number of unbranched alkanes of at least 4 members (excludes halogenated alkanes) is 1. The van der Waals surface area contributed by atoms with Gasteiger partial charge in [0.25, 0.3) is 0 Å². The number of nitrogens with zero attached hydrogens (tertiary/aromatic N) is 1. The zero-order valence-electron chi connectivity index (χ0n) is 8.35. The van der Waals surface area contributed by atoms with Gasteiger partial charge in [-0.3, -0.25) is 0 Å². The third kappa shape index (κ3) is 3.42. The summed E-state index contributed by atoms with van der Waals surface area (Å²) in [5, 5.41) is 0. The Labute approximate surface area is 88.6 Å². The molecular weight excluding hydrogens is 194 g/mol. The minimum atomic E-state index is 0.0682. The topological polar surface area (TPSA) is 29.4 Å². The van der Waals surface area contributed by atoms with Gasteiger partial charge in [0.15, 0.2) is 11.5 Å². The molecule has 3 heteroatoms. The summed E-state index contributed by atoms with van der Waals surface area (Å²) in [6, 6.07) is 10.1. The quantitative estimate of drug-likeness (QED) is 0.731. The first-order chi connectivity index (χ1) is 6.88. The number of hydrogen-bond donors (Lipinski definition) is 0. The minimum Gasteiger partial charge on any atom is -0.191 e. The maximum atomic E-state index is 10.4. The van der Waals surface area contributed by atoms with Crippen molar-refractivity contribution >= 4 is 11.5 Å². The molecule has 0 spiro atoms. The lowest BCUT2D eigenvalue weighted by Gasteiger charge is -2.09. The highest BCUT2D eigenvalue weighted by molar-refractivity contribution is 7.54. The summed E-state index contributed by atoms with van der Waals surface area (Å²) in [5.74, 6) is 0. The molecule has 1 atom stereocenters. The largest absolute Gasteiger partial charge is 0.200 e. The first-order valence-corrected chi connectivity index (χ1v) is 5.62. The first-order valence-electron chi connectivity index (χ1n) is 4.92. The van der Waals surface area contributed by atoms with E-state index in [9.17, 15) is 4.21 Å². The first kappa shape index (κ1) is 11.1. The molecule has 0 heterocycles. The zero-order valence-corrected chi connectivity index (χ0v) is 9.17. The summed E-state index contributed by atoms with van der Waals surface area (Å²) in [7, 11) is 0. The molecule has 1 aromatic carbocycles. The Bertz CT molecular complexity index is 306. The van der Waals surface area contributed by atoms with Gasteiger partial charge in [-0.15, -0.1) is 0 Å². The van der Waals surface area contributed by atoms with Crippen LogP contribution in [-0.4, -0.2) is 4.21 Å². The lowest BCUT2D eigenvalue weighted by Crippen LogP contribution is -1.94. The van der Waals surface area contributed by atoms with Crippen LogP contribution in [0.2, 0.25) is 0 Å². The van der Waals surface area contributed by atoms with Gasteiger partial charge in [0.2, 0.25) is 0 Å². The fraction of sp³-hybridized carbons (Fsp3) is 0.455. The summed E-state index contributed by atoms with van der Waals surface area (Å²) < 4.78 is 14.4. The standard InChI is InChI=1S/C11H15NOS/c1-2-3-9-11(12-14-13)10-7-5-4-6-8-10/h4-8,11H,2-3,9H2,1H3. The molecule has 1 unspecified atom stereocenters. The Morgan fingerprint density at radius 3 is 2.64 bits per heavy atom. The Balaban J connectivity index is 2.72. The Kier molecular flexibility index (Phi) is 5.15. The van der Waals surface area contributed by atoms with Crippen molar-refractivity contribution in [3.63, 3.8) is 0 Å². The summed E-state index contributed by atoms with van der Waals surface area (Å²) in [5.41, 5.74) is 1.14. The van der Waals surface area contributed by atoms with Gasteiger partial charge in [0.05, 0.1) is 6.04 Å². The molecule has 0 saturated heterocycles. The van der Waals surface area contributed by atoms with Crippen molar-refractivity contribution in [2.75, 3.05) is 0 Å². The lowest BCUT2D eigenvalue weighted by atomic mass is 10.0. The highest BCUT2D eigenvalue weighted by atomic mass is 32.1. The van der Waals surface area contributed by atoms with E-state index < -0.39 is 0 Å². The van der Waals surface area contributed by atoms with E-state index in [4.69, 9.17) is 0 Å². The van der Waals surface area contributed by atoms with Crippen LogP contribution in [-0.2, 0) is 11.5 Å². The van der Waals surface area contributed by atoms with Crippen molar-refractivity contribution in [1.82, 2.24) is 0 Å². The molecule has 0 aliphatic heterocycles. The second kappa shape index (κ2) is 6.49. The predicted octanol–water partition coefficient (Wildman–Crippen LogP) is 3.31. The molecule has 76 valence electrons. The molecule has 0 aromatic heterocycles. The van der Waals surface area contributed by atoms with Crippen molar-refractivity contribution in [3.8, 4) is 0 Å². The zero-order chi connectivity index (χ0) is 10.2. The molecule has 0 radical (unpaired) electrons. The molecule has 1 rings (SSSR count). The van der Waals surface area contributed by atoms with E-state index in [1.54, 1.807) is 0 Å². The molecule has 0 N–H and O–H groups in total. The molecule has 0 aliphatic carbocycles. The van der Waals surface area contributed by atoms with Gasteiger partial charge < -0.3 is 0 Å². The summed E-state index contributed by atoms with van der Waals surface area (Å²) in [6.45, 7) is 2.15. The van der Waals surface area contributed by atoms with E-state index in [1.165, 1.54) is 0 Å². The predicted molar refractivity (Wildman–Crippen MR) is 59.3 cm³/mol. The molecule has 0 amide bonds. The molecule has 2 nitrogen and oxygen atoms in total. The monoisotopic (exact) mass is 209 g/mol. The highest BCUT2D eigenvalue weighted by Gasteiger charge is 2.08. The van der Waals surface area contributed by atoms with E-state index in [0.29, 0.717) is 11.5 Å². The number of hydrogen-bond acceptors (Lipinski definition) is 2. The third-order valence-corrected chi connectivity index (χ3v) is 2.53. The second-order valence-electron chi connectivity index (χ2n) is 3.25. The van der Waals surface area contributed by atoms with Crippen LogP contribution in [0.25, 0.3) is 0 Å². The second-order valence-corrected chi connectivity index (χ2v) is 3.61. The van der Waals surface area contributed by atoms with Gasteiger partial charge in [-0.2, -0.15) is 8.57 Å². The normalized spacial score (nSPS) is 12.1. The molecule has 0 saturated carbocycles. The van der Waals surface area contributed by atoms with Crippen LogP contribution in [0.15, 0.2) is 34.7 Å². The summed E-state index contributed by atoms with van der Waals surface area (Å²) in [6.07, 6.45) is 3.22. The lowest BCUT2D eigenvalue weighted by molar-refractivity contribution is 0.607. The molecule has 0 bridgehead atoms. The van der Waals surface area contributed by atoms with E-state index in [2.05, 4.69) is 11.3 Å². The van der Waals surface area contributed by atoms with E-state index in [-0.39, 0.29) is 6.04 Å². The van der Waals surface area contributed by atoms with Gasteiger partial charge in [0, 0.05) is 0 Å². The summed E-state index contributed by atoms with van der Waals surface area (Å²) >= 11 is 0.330. The van der Waals surface area contributed by atoms with Crippen LogP contribution < -0.4 is 0 Å². The van der Waals surface area contributed by atoms with Crippen molar-refractivity contribution in [2.45, 2.75) is 32.2 Å². The smallest absolute Gasteiger partial charge is 0.191 e. The van der Waals surface area contributed by atoms with Crippen LogP contribution in [0.5, 0.6) is 0 Å². The Morgan fingerprint density at radius 1 is 1.36 bits per heavy atom. The van der Waals surface area contributed by atoms with Crippen LogP contribution in [0, 0.1) is 0 Å². The maximum absolute atomic E-state index is 10.4. The van der Waals surface area contributed by atoms with Gasteiger partial charge in [-0.1, -0.05) is 50.1 Å². The average Bonchev–Trinajstić information content (AvgIpc) is 2.25. The van der Waals surface area contributed by atoms with Gasteiger partial charge in [0.1, 0.15) is 0 Å². The van der Waals surface area contributed by atoms with Gasteiger partial charge in [-0.05, 0) is 12.0 Å². The third-order valence-electron chi connectivity index (χ3n) is 2.19. The van der Waals surface area contributed by atoms with Crippen molar-refractivity contribution in [1.29, 1.82) is 0 Å². The van der Waals surface area contributed by atoms with E-state index in [0.717, 1.165) is 24.8 Å². The maximum Gasteiger partial charge on any atom is 0.200 e. The average molecular weight is 209 g/mol. The SMILES string of the molecule is CCCCC(N=S=O)c1ccccc1. The molecule has 14 heavy (non-hydrogen) atoms. The van der Waals surface area contributed by atoms with Crippen LogP contribution in [0.1, 0.15) is 37.8 Å². The fourth-order valence-corrected chi connectivity index (χ4v) is 1.74. The van der Waals surface area contributed by atoms with Crippen molar-refractivity contribution < 1.29 is 4.21 Å². The van der Waals surface area contributed by atoms with Crippen molar-refractivity contribution in [3.05, 3.63) is 35.9 Å². The molecule has 0 aliphatic rings. The van der Waals surface area contributed by atoms with Crippen LogP contribution in [0.3, 0.4) is 0 Å². The fourth-order valence-electron chi connectivity index (χ4n) is 1.40. The van der Waals surface area contributed by atoms with E-state index >= 15 is 0 Å². The van der Waals surface area contributed by atoms with Crippen LogP contribution in [0.4, 0.5) is 0 Å². The van der Waals surface area contributed by atoms with Gasteiger partial charge in [-0.25, -0.2) is 0 Å². The van der Waals surface area contributed by atoms with Gasteiger partial charge >= 0.3 is 0 Å². The number of rotatable bonds is 5. The Morgan fingerprint density at radius 2 is 2.07 bits per heavy atom. The highest BCUT2D eigenvalue weighted by Crippen LogP contribution is 2.22. The minimum absolute atomic E-state index is 0.0682. The Hall–Kier alpha value is -0.960. The summed E-state index contributed by atoms with van der Waals surface area (Å²) in [4.78, 5) is 0. The molecular formula is C11H15NOS. The van der Waals surface area contributed by atoms with Crippen molar-refractivity contribution in [2.24, 2.45) is 4.36 Å². The molecule has 1 aromatic rings. The van der Waals surface area contributed by atoms with Crippen LogP contribution >= 0.6 is 0 Å². The van der Waals surface area contributed by atoms with E-state index in [1.807, 2.05) is 30.3 Å². The molecule has 0 fully saturated rings. The number of benzene rings is 1.